The highest BCUT2D eigenvalue weighted by Crippen LogP contribution is 2.30. The maximum Gasteiger partial charge on any atom is 0.269 e. The Morgan fingerprint density at radius 1 is 1.09 bits per heavy atom. The zero-order chi connectivity index (χ0) is 22.3. The Morgan fingerprint density at radius 2 is 1.88 bits per heavy atom. The van der Waals surface area contributed by atoms with Crippen molar-refractivity contribution in [1.29, 1.82) is 0 Å². The van der Waals surface area contributed by atoms with Crippen LogP contribution in [0.3, 0.4) is 0 Å². The maximum absolute atomic E-state index is 12.2. The second kappa shape index (κ2) is 9.97. The Kier molecular flexibility index (Phi) is 6.66. The predicted molar refractivity (Wildman–Crippen MR) is 120 cm³/mol. The standard InChI is InChI=1S/C23H21N3O5S/c1-15-24-18(14-32-15)13-31-19-6-2-16(3-7-19)4-9-22(27)25-26-23(28)17-5-8-20-21(12-17)30-11-10-29-20/h2-9,12,14H,10-11,13H2,1H3,(H,25,27)(H,26,28)/b9-4+. The summed E-state index contributed by atoms with van der Waals surface area (Å²) in [4.78, 5) is 28.6. The molecule has 8 nitrogen and oxygen atoms in total. The predicted octanol–water partition coefficient (Wildman–Crippen LogP) is 3.28. The van der Waals surface area contributed by atoms with E-state index >= 15 is 0 Å². The Bertz CT molecular complexity index is 1140. The highest BCUT2D eigenvalue weighted by molar-refractivity contribution is 7.09. The molecule has 1 aliphatic rings. The number of rotatable bonds is 6. The highest BCUT2D eigenvalue weighted by Gasteiger charge is 2.15. The van der Waals surface area contributed by atoms with E-state index in [-0.39, 0.29) is 0 Å². The highest BCUT2D eigenvalue weighted by atomic mass is 32.1. The quantitative estimate of drug-likeness (QED) is 0.441. The lowest BCUT2D eigenvalue weighted by atomic mass is 10.2. The molecule has 3 aromatic rings. The van der Waals surface area contributed by atoms with Crippen molar-refractivity contribution in [1.82, 2.24) is 15.8 Å². The minimum atomic E-state index is -0.463. The van der Waals surface area contributed by atoms with Crippen LogP contribution < -0.4 is 25.1 Å². The van der Waals surface area contributed by atoms with Crippen LogP contribution in [0.1, 0.15) is 26.6 Å². The number of carbonyl (C=O) groups excluding carboxylic acids is 2. The van der Waals surface area contributed by atoms with Crippen LogP contribution in [0.5, 0.6) is 17.2 Å². The van der Waals surface area contributed by atoms with E-state index in [1.165, 1.54) is 6.08 Å². The van der Waals surface area contributed by atoms with Crippen LogP contribution in [0.4, 0.5) is 0 Å². The van der Waals surface area contributed by atoms with Gasteiger partial charge in [-0.15, -0.1) is 11.3 Å². The average molecular weight is 452 g/mol. The summed E-state index contributed by atoms with van der Waals surface area (Å²) in [5.74, 6) is 0.887. The zero-order valence-corrected chi connectivity index (χ0v) is 18.1. The number of fused-ring (bicyclic) bond motifs is 1. The van der Waals surface area contributed by atoms with Crippen LogP contribution in [0, 0.1) is 6.92 Å². The molecule has 1 aromatic heterocycles. The molecule has 2 amide bonds. The van der Waals surface area contributed by atoms with Crippen LogP contribution in [0.15, 0.2) is 53.9 Å². The van der Waals surface area contributed by atoms with Crippen LogP contribution in [0.25, 0.3) is 6.08 Å². The Morgan fingerprint density at radius 3 is 2.62 bits per heavy atom. The van der Waals surface area contributed by atoms with Crippen molar-refractivity contribution in [2.45, 2.75) is 13.5 Å². The third-order valence-electron chi connectivity index (χ3n) is 4.46. The smallest absolute Gasteiger partial charge is 0.269 e. The van der Waals surface area contributed by atoms with E-state index in [1.807, 2.05) is 36.6 Å². The van der Waals surface area contributed by atoms with Crippen molar-refractivity contribution in [2.75, 3.05) is 13.2 Å². The summed E-state index contributed by atoms with van der Waals surface area (Å²) in [6.07, 6.45) is 2.97. The van der Waals surface area contributed by atoms with Gasteiger partial charge in [0.25, 0.3) is 11.8 Å². The first-order chi connectivity index (χ1) is 15.6. The molecule has 2 N–H and O–H groups in total. The summed E-state index contributed by atoms with van der Waals surface area (Å²) in [7, 11) is 0. The number of nitrogens with one attached hydrogen (secondary N) is 2. The minimum absolute atomic E-state index is 0.349. The van der Waals surface area contributed by atoms with Gasteiger partial charge in [-0.1, -0.05) is 12.1 Å². The molecule has 2 aromatic carbocycles. The molecule has 0 atom stereocenters. The van der Waals surface area contributed by atoms with Crippen LogP contribution in [-0.4, -0.2) is 30.0 Å². The van der Waals surface area contributed by atoms with Crippen molar-refractivity contribution in [2.24, 2.45) is 0 Å². The van der Waals surface area contributed by atoms with Gasteiger partial charge in [-0.2, -0.15) is 0 Å². The van der Waals surface area contributed by atoms with Gasteiger partial charge in [-0.3, -0.25) is 20.4 Å². The maximum atomic E-state index is 12.2. The van der Waals surface area contributed by atoms with E-state index in [1.54, 1.807) is 35.6 Å². The monoisotopic (exact) mass is 451 g/mol. The number of aryl methyl sites for hydroxylation is 1. The Labute approximate surface area is 188 Å². The molecule has 2 heterocycles. The molecule has 4 rings (SSSR count). The molecule has 0 saturated heterocycles. The molecule has 32 heavy (non-hydrogen) atoms. The molecule has 0 radical (unpaired) electrons. The third kappa shape index (κ3) is 5.64. The molecule has 0 aliphatic carbocycles. The van der Waals surface area contributed by atoms with E-state index in [4.69, 9.17) is 14.2 Å². The van der Waals surface area contributed by atoms with E-state index < -0.39 is 11.8 Å². The van der Waals surface area contributed by atoms with E-state index in [9.17, 15) is 9.59 Å². The van der Waals surface area contributed by atoms with Gasteiger partial charge < -0.3 is 14.2 Å². The zero-order valence-electron chi connectivity index (χ0n) is 17.3. The van der Waals surface area contributed by atoms with Gasteiger partial charge in [0.15, 0.2) is 11.5 Å². The van der Waals surface area contributed by atoms with Crippen molar-refractivity contribution in [3.63, 3.8) is 0 Å². The van der Waals surface area contributed by atoms with Crippen LogP contribution in [0.2, 0.25) is 0 Å². The molecule has 1 aliphatic heterocycles. The first kappa shape index (κ1) is 21.4. The van der Waals surface area contributed by atoms with Crippen LogP contribution in [-0.2, 0) is 11.4 Å². The van der Waals surface area contributed by atoms with Gasteiger partial charge in [0, 0.05) is 17.0 Å². The SMILES string of the molecule is Cc1nc(COc2ccc(/C=C/C(=O)NNC(=O)c3ccc4c(c3)OCCO4)cc2)cs1. The number of carbonyl (C=O) groups is 2. The number of aromatic nitrogens is 1. The second-order valence-electron chi connectivity index (χ2n) is 6.85. The normalized spacial score (nSPS) is 12.4. The molecule has 0 spiro atoms. The first-order valence-corrected chi connectivity index (χ1v) is 10.8. The van der Waals surface area contributed by atoms with Crippen molar-refractivity contribution in [3.8, 4) is 17.2 Å². The topological polar surface area (TPSA) is 98.8 Å². The van der Waals surface area contributed by atoms with E-state index in [0.29, 0.717) is 42.6 Å². The van der Waals surface area contributed by atoms with Gasteiger partial charge in [-0.25, -0.2) is 4.98 Å². The number of ether oxygens (including phenoxy) is 3. The molecule has 164 valence electrons. The van der Waals surface area contributed by atoms with Crippen molar-refractivity contribution >= 4 is 29.2 Å². The van der Waals surface area contributed by atoms with Crippen molar-refractivity contribution in [3.05, 3.63) is 75.7 Å². The van der Waals surface area contributed by atoms with Crippen LogP contribution >= 0.6 is 11.3 Å². The molecule has 0 bridgehead atoms. The number of thiazole rings is 1. The number of benzene rings is 2. The lowest BCUT2D eigenvalue weighted by Crippen LogP contribution is -2.40. The van der Waals surface area contributed by atoms with Gasteiger partial charge >= 0.3 is 0 Å². The molecule has 0 fully saturated rings. The Balaban J connectivity index is 1.24. The third-order valence-corrected chi connectivity index (χ3v) is 5.29. The molecular weight excluding hydrogens is 430 g/mol. The molecule has 0 saturated carbocycles. The molecule has 0 unspecified atom stereocenters. The van der Waals surface area contributed by atoms with Gasteiger partial charge in [-0.05, 0) is 48.9 Å². The lowest BCUT2D eigenvalue weighted by molar-refractivity contribution is -0.117. The number of amides is 2. The second-order valence-corrected chi connectivity index (χ2v) is 7.91. The summed E-state index contributed by atoms with van der Waals surface area (Å²) in [5, 5.41) is 2.97. The lowest BCUT2D eigenvalue weighted by Gasteiger charge is -2.18. The number of hydrogen-bond acceptors (Lipinski definition) is 7. The largest absolute Gasteiger partial charge is 0.487 e. The number of hydrogen-bond donors (Lipinski definition) is 2. The fraction of sp³-hybridized carbons (Fsp3) is 0.174. The molecule has 9 heteroatoms. The summed E-state index contributed by atoms with van der Waals surface area (Å²) >= 11 is 1.59. The van der Waals surface area contributed by atoms with E-state index in [2.05, 4.69) is 15.8 Å². The summed E-state index contributed by atoms with van der Waals surface area (Å²) < 4.78 is 16.6. The first-order valence-electron chi connectivity index (χ1n) is 9.89. The average Bonchev–Trinajstić information content (AvgIpc) is 3.25. The Hall–Kier alpha value is -3.85. The van der Waals surface area contributed by atoms with Crippen molar-refractivity contribution < 1.29 is 23.8 Å². The number of nitrogens with zero attached hydrogens (tertiary/aromatic N) is 1. The number of hydrazine groups is 1. The fourth-order valence-corrected chi connectivity index (χ4v) is 3.49. The molecular formula is C23H21N3O5S. The van der Waals surface area contributed by atoms with Gasteiger partial charge in [0.2, 0.25) is 0 Å². The fourth-order valence-electron chi connectivity index (χ4n) is 2.90. The summed E-state index contributed by atoms with van der Waals surface area (Å²) in [6, 6.07) is 12.1. The minimum Gasteiger partial charge on any atom is -0.487 e. The summed E-state index contributed by atoms with van der Waals surface area (Å²) in [6.45, 7) is 3.27. The van der Waals surface area contributed by atoms with E-state index in [0.717, 1.165) is 16.3 Å². The summed E-state index contributed by atoms with van der Waals surface area (Å²) in [5.41, 5.74) is 6.79. The van der Waals surface area contributed by atoms with Gasteiger partial charge in [0.05, 0.1) is 10.7 Å². The van der Waals surface area contributed by atoms with Gasteiger partial charge in [0.1, 0.15) is 25.6 Å².